The van der Waals surface area contributed by atoms with Gasteiger partial charge in [0.15, 0.2) is 5.78 Å². The van der Waals surface area contributed by atoms with E-state index in [2.05, 4.69) is 6.58 Å². The van der Waals surface area contributed by atoms with Crippen LogP contribution in [0.15, 0.2) is 57.8 Å². The van der Waals surface area contributed by atoms with Gasteiger partial charge in [-0.2, -0.15) is 0 Å². The molecule has 2 heterocycles. The van der Waals surface area contributed by atoms with Gasteiger partial charge in [0.05, 0.1) is 5.39 Å². The number of rotatable bonds is 5. The number of phenolic OH excluding ortho intramolecular Hbond substituents is 1. The number of aromatic hydroxyl groups is 1. The summed E-state index contributed by atoms with van der Waals surface area (Å²) in [5.41, 5.74) is 2.59. The van der Waals surface area contributed by atoms with Crippen molar-refractivity contribution in [2.24, 2.45) is 5.92 Å². The average molecular weight is 404 g/mol. The number of carbonyl (C=O) groups excluding carboxylic acids is 1. The Labute approximate surface area is 174 Å². The van der Waals surface area contributed by atoms with E-state index in [9.17, 15) is 14.7 Å². The molecule has 2 atom stereocenters. The van der Waals surface area contributed by atoms with Gasteiger partial charge >= 0.3 is 5.63 Å². The quantitative estimate of drug-likeness (QED) is 0.356. The Morgan fingerprint density at radius 1 is 1.30 bits per heavy atom. The molecule has 5 heteroatoms. The lowest BCUT2D eigenvalue weighted by Gasteiger charge is -2.17. The zero-order valence-corrected chi connectivity index (χ0v) is 17.3. The highest BCUT2D eigenvalue weighted by Gasteiger charge is 2.36. The maximum atomic E-state index is 13.2. The van der Waals surface area contributed by atoms with Crippen LogP contribution in [0, 0.1) is 5.92 Å². The van der Waals surface area contributed by atoms with E-state index in [1.54, 1.807) is 0 Å². The third-order valence-corrected chi connectivity index (χ3v) is 5.80. The number of Topliss-reactive ketones (excluding diaryl/α,β-unsaturated/α-hetero) is 1. The standard InChI is InChI=1S/C25H24O5/c1-5-14(4)22(27)21-23(28)20-16(15-9-7-6-8-10-15)12-19(26)30-24(20)17-11-18(13(2)3)29-25(17)21/h6-10,12,14,18,28H,2,5,11H2,1,3-4H3. The molecular weight excluding hydrogens is 380 g/mol. The predicted octanol–water partition coefficient (Wildman–Crippen LogP) is 5.27. The number of phenols is 1. The molecule has 2 unspecified atom stereocenters. The molecule has 0 bridgehead atoms. The number of ether oxygens (including phenoxy) is 1. The summed E-state index contributed by atoms with van der Waals surface area (Å²) >= 11 is 0. The van der Waals surface area contributed by atoms with Crippen molar-refractivity contribution >= 4 is 16.8 Å². The van der Waals surface area contributed by atoms with Crippen molar-refractivity contribution in [2.45, 2.75) is 39.7 Å². The topological polar surface area (TPSA) is 76.7 Å². The van der Waals surface area contributed by atoms with Crippen LogP contribution in [-0.4, -0.2) is 17.0 Å². The SMILES string of the molecule is C=C(C)C1Cc2c(c(C(=O)C(C)CC)c(O)c3c(-c4ccccc4)cc(=O)oc23)O1. The second-order valence-corrected chi connectivity index (χ2v) is 7.91. The smallest absolute Gasteiger partial charge is 0.336 e. The Hall–Kier alpha value is -3.34. The summed E-state index contributed by atoms with van der Waals surface area (Å²) in [4.78, 5) is 25.6. The van der Waals surface area contributed by atoms with Crippen molar-refractivity contribution < 1.29 is 19.1 Å². The molecule has 0 saturated carbocycles. The first kappa shape index (κ1) is 20.0. The van der Waals surface area contributed by atoms with Gasteiger partial charge in [-0.25, -0.2) is 4.79 Å². The minimum Gasteiger partial charge on any atom is -0.506 e. The second-order valence-electron chi connectivity index (χ2n) is 7.91. The molecule has 3 aromatic rings. The summed E-state index contributed by atoms with van der Waals surface area (Å²) in [6.45, 7) is 9.56. The highest BCUT2D eigenvalue weighted by Crippen LogP contribution is 2.48. The number of benzene rings is 2. The Bertz CT molecular complexity index is 1220. The lowest BCUT2D eigenvalue weighted by molar-refractivity contribution is 0.0920. The molecule has 4 rings (SSSR count). The number of hydrogen-bond donors (Lipinski definition) is 1. The highest BCUT2D eigenvalue weighted by atomic mass is 16.5. The van der Waals surface area contributed by atoms with E-state index in [0.29, 0.717) is 35.1 Å². The van der Waals surface area contributed by atoms with E-state index < -0.39 is 5.63 Å². The summed E-state index contributed by atoms with van der Waals surface area (Å²) in [6, 6.07) is 10.6. The summed E-state index contributed by atoms with van der Waals surface area (Å²) in [5, 5.41) is 11.7. The van der Waals surface area contributed by atoms with Crippen LogP contribution in [0.1, 0.15) is 43.1 Å². The molecule has 0 radical (unpaired) electrons. The van der Waals surface area contributed by atoms with Gasteiger partial charge in [-0.1, -0.05) is 50.8 Å². The molecule has 0 spiro atoms. The van der Waals surface area contributed by atoms with Crippen LogP contribution in [-0.2, 0) is 6.42 Å². The van der Waals surface area contributed by atoms with Crippen LogP contribution >= 0.6 is 0 Å². The van der Waals surface area contributed by atoms with E-state index >= 15 is 0 Å². The molecule has 1 aliphatic heterocycles. The van der Waals surface area contributed by atoms with Crippen LogP contribution in [0.2, 0.25) is 0 Å². The summed E-state index contributed by atoms with van der Waals surface area (Å²) in [6.07, 6.45) is 0.701. The Balaban J connectivity index is 2.12. The average Bonchev–Trinajstić information content (AvgIpc) is 3.18. The third kappa shape index (κ3) is 3.11. The Morgan fingerprint density at radius 2 is 2.00 bits per heavy atom. The third-order valence-electron chi connectivity index (χ3n) is 5.80. The molecule has 5 nitrogen and oxygen atoms in total. The van der Waals surface area contributed by atoms with Crippen LogP contribution in [0.4, 0.5) is 0 Å². The van der Waals surface area contributed by atoms with Gasteiger partial charge in [0.25, 0.3) is 0 Å². The Kier molecular flexibility index (Phi) is 4.98. The summed E-state index contributed by atoms with van der Waals surface area (Å²) in [7, 11) is 0. The number of hydrogen-bond acceptors (Lipinski definition) is 5. The zero-order valence-electron chi connectivity index (χ0n) is 17.3. The van der Waals surface area contributed by atoms with E-state index in [4.69, 9.17) is 9.15 Å². The molecule has 154 valence electrons. The van der Waals surface area contributed by atoms with Crippen LogP contribution in [0.5, 0.6) is 11.5 Å². The molecular formula is C25H24O5. The van der Waals surface area contributed by atoms with Gasteiger partial charge < -0.3 is 14.3 Å². The van der Waals surface area contributed by atoms with Crippen molar-refractivity contribution in [3.8, 4) is 22.6 Å². The number of ketones is 1. The molecule has 0 aliphatic carbocycles. The maximum absolute atomic E-state index is 13.2. The Morgan fingerprint density at radius 3 is 2.63 bits per heavy atom. The fraction of sp³-hybridized carbons (Fsp3) is 0.280. The van der Waals surface area contributed by atoms with Crippen molar-refractivity contribution in [1.29, 1.82) is 0 Å². The largest absolute Gasteiger partial charge is 0.506 e. The number of carbonyl (C=O) groups is 1. The highest BCUT2D eigenvalue weighted by molar-refractivity contribution is 6.12. The number of fused-ring (bicyclic) bond motifs is 3. The summed E-state index contributed by atoms with van der Waals surface area (Å²) in [5.74, 6) is -0.396. The van der Waals surface area contributed by atoms with E-state index in [-0.39, 0.29) is 34.7 Å². The lowest BCUT2D eigenvalue weighted by Crippen LogP contribution is -2.15. The molecule has 30 heavy (non-hydrogen) atoms. The first-order chi connectivity index (χ1) is 14.3. The molecule has 1 aromatic heterocycles. The zero-order chi connectivity index (χ0) is 21.6. The first-order valence-electron chi connectivity index (χ1n) is 10.1. The lowest BCUT2D eigenvalue weighted by atomic mass is 9.89. The molecule has 0 fully saturated rings. The van der Waals surface area contributed by atoms with Gasteiger partial charge in [0.1, 0.15) is 28.7 Å². The first-order valence-corrected chi connectivity index (χ1v) is 10.1. The summed E-state index contributed by atoms with van der Waals surface area (Å²) < 4.78 is 11.6. The molecule has 0 amide bonds. The predicted molar refractivity (Wildman–Crippen MR) is 116 cm³/mol. The van der Waals surface area contributed by atoms with Crippen molar-refractivity contribution in [3.05, 3.63) is 70.1 Å². The molecule has 2 aromatic carbocycles. The minimum absolute atomic E-state index is 0.154. The van der Waals surface area contributed by atoms with Gasteiger partial charge in [0.2, 0.25) is 0 Å². The maximum Gasteiger partial charge on any atom is 0.336 e. The van der Waals surface area contributed by atoms with Crippen molar-refractivity contribution in [2.75, 3.05) is 0 Å². The van der Waals surface area contributed by atoms with Gasteiger partial charge in [-0.3, -0.25) is 4.79 Å². The normalized spacial score (nSPS) is 16.2. The molecule has 1 aliphatic rings. The molecule has 0 saturated heterocycles. The van der Waals surface area contributed by atoms with Gasteiger partial charge in [-0.05, 0) is 24.5 Å². The van der Waals surface area contributed by atoms with Gasteiger partial charge in [0, 0.05) is 29.5 Å². The van der Waals surface area contributed by atoms with Crippen LogP contribution < -0.4 is 10.4 Å². The fourth-order valence-corrected chi connectivity index (χ4v) is 3.89. The van der Waals surface area contributed by atoms with Crippen molar-refractivity contribution in [1.82, 2.24) is 0 Å². The van der Waals surface area contributed by atoms with Crippen molar-refractivity contribution in [3.63, 3.8) is 0 Å². The minimum atomic E-state index is -0.525. The van der Waals surface area contributed by atoms with E-state index in [0.717, 1.165) is 11.1 Å². The van der Waals surface area contributed by atoms with Gasteiger partial charge in [-0.15, -0.1) is 0 Å². The van der Waals surface area contributed by atoms with Crippen LogP contribution in [0.3, 0.4) is 0 Å². The van der Waals surface area contributed by atoms with E-state index in [1.807, 2.05) is 51.1 Å². The monoisotopic (exact) mass is 404 g/mol. The fourth-order valence-electron chi connectivity index (χ4n) is 3.89. The van der Waals surface area contributed by atoms with E-state index in [1.165, 1.54) is 6.07 Å². The molecule has 1 N–H and O–H groups in total. The van der Waals surface area contributed by atoms with Crippen LogP contribution in [0.25, 0.3) is 22.1 Å². The second kappa shape index (κ2) is 7.48.